The van der Waals surface area contributed by atoms with Crippen molar-refractivity contribution in [1.29, 1.82) is 0 Å². The maximum absolute atomic E-state index is 14.4. The summed E-state index contributed by atoms with van der Waals surface area (Å²) in [6, 6.07) is 4.31. The zero-order chi connectivity index (χ0) is 15.0. The van der Waals surface area contributed by atoms with E-state index in [1.54, 1.807) is 6.92 Å². The molecule has 0 bridgehead atoms. The summed E-state index contributed by atoms with van der Waals surface area (Å²) in [7, 11) is 0. The van der Waals surface area contributed by atoms with E-state index in [0.717, 1.165) is 0 Å². The third-order valence-electron chi connectivity index (χ3n) is 3.25. The predicted molar refractivity (Wildman–Crippen MR) is 71.6 cm³/mol. The van der Waals surface area contributed by atoms with Gasteiger partial charge in [-0.3, -0.25) is 9.59 Å². The van der Waals surface area contributed by atoms with E-state index < -0.39 is 11.7 Å². The van der Waals surface area contributed by atoms with Crippen molar-refractivity contribution in [3.05, 3.63) is 46.6 Å². The number of anilines is 1. The molecular formula is C14H12FN3O3. The molecule has 7 heteroatoms. The zero-order valence-corrected chi connectivity index (χ0v) is 11.2. The normalized spacial score (nSPS) is 13.5. The van der Waals surface area contributed by atoms with E-state index in [9.17, 15) is 14.0 Å². The van der Waals surface area contributed by atoms with Crippen LogP contribution in [0.3, 0.4) is 0 Å². The Hall–Kier alpha value is -2.70. The molecule has 2 N–H and O–H groups in total. The maximum Gasteiger partial charge on any atom is 0.294 e. The number of benzene rings is 1. The van der Waals surface area contributed by atoms with Gasteiger partial charge in [0.1, 0.15) is 0 Å². The summed E-state index contributed by atoms with van der Waals surface area (Å²) in [5.74, 6) is -1.48. The number of fused-ring (bicyclic) bond motifs is 1. The molecule has 1 aliphatic heterocycles. The van der Waals surface area contributed by atoms with Gasteiger partial charge >= 0.3 is 0 Å². The number of carbonyl (C=O) groups is 2. The van der Waals surface area contributed by atoms with Crippen LogP contribution in [0.25, 0.3) is 0 Å². The predicted octanol–water partition coefficient (Wildman–Crippen LogP) is 1.66. The summed E-state index contributed by atoms with van der Waals surface area (Å²) in [5, 5.41) is 8.66. The van der Waals surface area contributed by atoms with Crippen molar-refractivity contribution in [3.63, 3.8) is 0 Å². The van der Waals surface area contributed by atoms with Crippen LogP contribution in [-0.4, -0.2) is 23.5 Å². The molecule has 0 spiro atoms. The molecule has 0 unspecified atom stereocenters. The molecule has 0 saturated carbocycles. The number of aryl methyl sites for hydroxylation is 1. The van der Waals surface area contributed by atoms with Crippen molar-refractivity contribution in [1.82, 2.24) is 10.5 Å². The van der Waals surface area contributed by atoms with Crippen LogP contribution in [0.5, 0.6) is 0 Å². The molecule has 1 aliphatic rings. The second-order valence-corrected chi connectivity index (χ2v) is 4.75. The first-order valence-electron chi connectivity index (χ1n) is 6.40. The molecule has 1 aromatic heterocycles. The smallest absolute Gasteiger partial charge is 0.294 e. The van der Waals surface area contributed by atoms with Crippen LogP contribution >= 0.6 is 0 Å². The highest BCUT2D eigenvalue weighted by Gasteiger charge is 2.23. The fourth-order valence-electron chi connectivity index (χ4n) is 2.23. The Morgan fingerprint density at radius 1 is 1.48 bits per heavy atom. The van der Waals surface area contributed by atoms with Crippen molar-refractivity contribution in [3.8, 4) is 0 Å². The largest absolute Gasteiger partial charge is 0.352 e. The van der Waals surface area contributed by atoms with Crippen molar-refractivity contribution in [2.75, 3.05) is 11.9 Å². The highest BCUT2D eigenvalue weighted by molar-refractivity contribution is 6.03. The third kappa shape index (κ3) is 2.37. The summed E-state index contributed by atoms with van der Waals surface area (Å²) in [5.41, 5.74) is 1.18. The second-order valence-electron chi connectivity index (χ2n) is 4.75. The van der Waals surface area contributed by atoms with E-state index in [0.29, 0.717) is 29.8 Å². The Morgan fingerprint density at radius 2 is 2.29 bits per heavy atom. The number of hydrogen-bond donors (Lipinski definition) is 2. The van der Waals surface area contributed by atoms with Crippen LogP contribution in [-0.2, 0) is 6.42 Å². The van der Waals surface area contributed by atoms with Crippen LogP contribution in [0.15, 0.2) is 22.7 Å². The molecule has 2 amide bonds. The molecule has 0 radical (unpaired) electrons. The minimum absolute atomic E-state index is 0.00219. The Morgan fingerprint density at radius 3 is 3.00 bits per heavy atom. The summed E-state index contributed by atoms with van der Waals surface area (Å²) < 4.78 is 19.2. The van der Waals surface area contributed by atoms with Crippen molar-refractivity contribution < 1.29 is 18.5 Å². The topological polar surface area (TPSA) is 84.2 Å². The molecule has 0 atom stereocenters. The van der Waals surface area contributed by atoms with E-state index in [-0.39, 0.29) is 17.4 Å². The lowest BCUT2D eigenvalue weighted by atomic mass is 9.99. The lowest BCUT2D eigenvalue weighted by Gasteiger charge is -2.18. The molecule has 0 aliphatic carbocycles. The zero-order valence-electron chi connectivity index (χ0n) is 11.2. The first kappa shape index (κ1) is 13.3. The van der Waals surface area contributed by atoms with Gasteiger partial charge < -0.3 is 15.2 Å². The molecule has 2 heterocycles. The van der Waals surface area contributed by atoms with Crippen LogP contribution in [0, 0.1) is 12.7 Å². The van der Waals surface area contributed by atoms with Crippen LogP contribution < -0.4 is 10.6 Å². The van der Waals surface area contributed by atoms with Gasteiger partial charge in [0.2, 0.25) is 5.76 Å². The lowest BCUT2D eigenvalue weighted by Crippen LogP contribution is -2.32. The lowest BCUT2D eigenvalue weighted by molar-refractivity contribution is 0.0944. The average molecular weight is 289 g/mol. The average Bonchev–Trinajstić information content (AvgIpc) is 2.89. The Labute approximate surface area is 119 Å². The number of carbonyl (C=O) groups excluding carboxylic acids is 2. The molecule has 0 fully saturated rings. The minimum Gasteiger partial charge on any atom is -0.352 e. The first-order chi connectivity index (χ1) is 10.1. The third-order valence-corrected chi connectivity index (χ3v) is 3.25. The van der Waals surface area contributed by atoms with Gasteiger partial charge in [0.25, 0.3) is 11.8 Å². The van der Waals surface area contributed by atoms with E-state index >= 15 is 0 Å². The van der Waals surface area contributed by atoms with Crippen molar-refractivity contribution in [2.45, 2.75) is 13.3 Å². The summed E-state index contributed by atoms with van der Waals surface area (Å²) in [6.07, 6.45) is 0.387. The van der Waals surface area contributed by atoms with Crippen LogP contribution in [0.2, 0.25) is 0 Å². The maximum atomic E-state index is 14.4. The van der Waals surface area contributed by atoms with E-state index in [2.05, 4.69) is 15.8 Å². The Balaban J connectivity index is 1.90. The number of amides is 2. The van der Waals surface area contributed by atoms with Gasteiger partial charge in [-0.25, -0.2) is 4.39 Å². The first-order valence-corrected chi connectivity index (χ1v) is 6.40. The van der Waals surface area contributed by atoms with E-state index in [4.69, 9.17) is 4.52 Å². The SMILES string of the molecule is Cc1cc(C(=O)Nc2ccc3c(c2F)CCNC3=O)on1. The number of hydrogen-bond acceptors (Lipinski definition) is 4. The number of aromatic nitrogens is 1. The monoisotopic (exact) mass is 289 g/mol. The minimum atomic E-state index is -0.591. The second kappa shape index (κ2) is 5.01. The van der Waals surface area contributed by atoms with E-state index in [1.165, 1.54) is 18.2 Å². The van der Waals surface area contributed by atoms with Crippen molar-refractivity contribution >= 4 is 17.5 Å². The standard InChI is InChI=1S/C14H12FN3O3/c1-7-6-11(21-18-7)14(20)17-10-3-2-9-8(12(10)15)4-5-16-13(9)19/h2-3,6H,4-5H2,1H3,(H,16,19)(H,17,20). The molecule has 108 valence electrons. The van der Waals surface area contributed by atoms with Gasteiger partial charge in [-0.1, -0.05) is 5.16 Å². The fourth-order valence-corrected chi connectivity index (χ4v) is 2.23. The summed E-state index contributed by atoms with van der Waals surface area (Å²) >= 11 is 0. The Bertz CT molecular complexity index is 739. The van der Waals surface area contributed by atoms with Crippen LogP contribution in [0.1, 0.15) is 32.2 Å². The summed E-state index contributed by atoms with van der Waals surface area (Å²) in [6.45, 7) is 2.06. The molecule has 2 aromatic rings. The van der Waals surface area contributed by atoms with Gasteiger partial charge in [0.15, 0.2) is 5.82 Å². The summed E-state index contributed by atoms with van der Waals surface area (Å²) in [4.78, 5) is 23.5. The highest BCUT2D eigenvalue weighted by atomic mass is 19.1. The molecule has 6 nitrogen and oxygen atoms in total. The number of halogens is 1. The fraction of sp³-hybridized carbons (Fsp3) is 0.214. The number of nitrogens with one attached hydrogen (secondary N) is 2. The van der Waals surface area contributed by atoms with Crippen LogP contribution in [0.4, 0.5) is 10.1 Å². The molecular weight excluding hydrogens is 277 g/mol. The molecule has 3 rings (SSSR count). The van der Waals surface area contributed by atoms with Gasteiger partial charge in [-0.15, -0.1) is 0 Å². The van der Waals surface area contributed by atoms with E-state index in [1.807, 2.05) is 0 Å². The number of rotatable bonds is 2. The van der Waals surface area contributed by atoms with Crippen molar-refractivity contribution in [2.24, 2.45) is 0 Å². The highest BCUT2D eigenvalue weighted by Crippen LogP contribution is 2.25. The molecule has 21 heavy (non-hydrogen) atoms. The molecule has 1 aromatic carbocycles. The van der Waals surface area contributed by atoms with Gasteiger partial charge in [-0.2, -0.15) is 0 Å². The van der Waals surface area contributed by atoms with Gasteiger partial charge in [0.05, 0.1) is 11.4 Å². The number of nitrogens with zero attached hydrogens (tertiary/aromatic N) is 1. The molecule has 0 saturated heterocycles. The van der Waals surface area contributed by atoms with Gasteiger partial charge in [0, 0.05) is 23.7 Å². The Kier molecular flexibility index (Phi) is 3.17. The quantitative estimate of drug-likeness (QED) is 0.880. The van der Waals surface area contributed by atoms with Gasteiger partial charge in [-0.05, 0) is 25.5 Å².